The van der Waals surface area contributed by atoms with Crippen LogP contribution in [0.5, 0.6) is 0 Å². The minimum atomic E-state index is -4.11. The Labute approximate surface area is 225 Å². The molecule has 9 nitrogen and oxygen atoms in total. The van der Waals surface area contributed by atoms with Crippen molar-refractivity contribution >= 4 is 13.6 Å². The van der Waals surface area contributed by atoms with Crippen molar-refractivity contribution in [1.29, 1.82) is 0 Å². The summed E-state index contributed by atoms with van der Waals surface area (Å²) >= 11 is 0. The van der Waals surface area contributed by atoms with Crippen LogP contribution in [-0.2, 0) is 18.6 Å². The summed E-state index contributed by atoms with van der Waals surface area (Å²) in [7, 11) is -0.733. The first kappa shape index (κ1) is 36.2. The van der Waals surface area contributed by atoms with Crippen LogP contribution in [0.15, 0.2) is 12.2 Å². The lowest BCUT2D eigenvalue weighted by Gasteiger charge is -2.37. The Bertz CT molecular complexity index is 656. The number of unbranched alkanes of at least 4 members (excludes halogenated alkanes) is 10. The second-order valence-electron chi connectivity index (χ2n) is 10.6. The lowest BCUT2D eigenvalue weighted by molar-refractivity contribution is -0.901. The molecule has 0 heterocycles. The molecule has 0 aromatic rings. The molecular weight excluding hydrogens is 497 g/mol. The molecule has 0 aliphatic heterocycles. The van der Waals surface area contributed by atoms with Gasteiger partial charge in [0.15, 0.2) is 12.1 Å². The second kappa shape index (κ2) is 21.1. The minimum absolute atomic E-state index is 0.0344. The van der Waals surface area contributed by atoms with E-state index in [0.717, 1.165) is 32.1 Å². The van der Waals surface area contributed by atoms with Gasteiger partial charge in [0.2, 0.25) is 0 Å². The van der Waals surface area contributed by atoms with Crippen LogP contribution in [0, 0.1) is 0 Å². The van der Waals surface area contributed by atoms with Crippen molar-refractivity contribution in [2.24, 2.45) is 0 Å². The third-order valence-electron chi connectivity index (χ3n) is 6.73. The minimum Gasteiger partial charge on any atom is -0.463 e. The maximum absolute atomic E-state index is 12.6. The predicted octanol–water partition coefficient (Wildman–Crippen LogP) is 4.86. The number of allylic oxidation sites excluding steroid dienone is 2. The van der Waals surface area contributed by atoms with Crippen LogP contribution in [-0.4, -0.2) is 82.7 Å². The first-order valence-electron chi connectivity index (χ1n) is 14.1. The summed E-state index contributed by atoms with van der Waals surface area (Å²) in [5.41, 5.74) is 0. The molecule has 3 atom stereocenters. The number of quaternary nitrogens is 1. The van der Waals surface area contributed by atoms with E-state index in [-0.39, 0.29) is 30.5 Å². The number of aliphatic hydroxyl groups excluding tert-OH is 2. The molecule has 0 fully saturated rings. The third-order valence-corrected chi connectivity index (χ3v) is 8.82. The summed E-state index contributed by atoms with van der Waals surface area (Å²) in [6.45, 7) is 3.27. The van der Waals surface area contributed by atoms with Crippen LogP contribution in [0.3, 0.4) is 0 Å². The lowest BCUT2D eigenvalue weighted by atomic mass is 10.1. The molecule has 0 aromatic heterocycles. The zero-order valence-corrected chi connectivity index (χ0v) is 24.6. The predicted molar refractivity (Wildman–Crippen MR) is 147 cm³/mol. The van der Waals surface area contributed by atoms with Gasteiger partial charge in [-0.3, -0.25) is 9.36 Å². The van der Waals surface area contributed by atoms with Crippen molar-refractivity contribution in [3.63, 3.8) is 0 Å². The fourth-order valence-electron chi connectivity index (χ4n) is 3.80. The van der Waals surface area contributed by atoms with Gasteiger partial charge < -0.3 is 34.0 Å². The molecule has 2 unspecified atom stereocenters. The number of esters is 1. The second-order valence-corrected chi connectivity index (χ2v) is 12.7. The van der Waals surface area contributed by atoms with E-state index in [0.29, 0.717) is 0 Å². The average Bonchev–Trinajstić information content (AvgIpc) is 2.84. The highest BCUT2D eigenvalue weighted by Gasteiger charge is 2.41. The van der Waals surface area contributed by atoms with Crippen molar-refractivity contribution in [2.75, 3.05) is 33.9 Å². The zero-order valence-electron chi connectivity index (χ0n) is 23.7. The Hall–Kier alpha value is -0.800. The Balaban J connectivity index is 3.87. The van der Waals surface area contributed by atoms with Crippen LogP contribution >= 0.6 is 7.60 Å². The topological polar surface area (TPSA) is 134 Å². The summed E-state index contributed by atoms with van der Waals surface area (Å²) in [5.74, 6) is -1.25. The van der Waals surface area contributed by atoms with Gasteiger partial charge in [-0.1, -0.05) is 64.0 Å². The normalized spacial score (nSPS) is 15.7. The summed E-state index contributed by atoms with van der Waals surface area (Å²) < 4.78 is 22.8. The Morgan fingerprint density at radius 2 is 1.43 bits per heavy atom. The van der Waals surface area contributed by atoms with Gasteiger partial charge in [0, 0.05) is 12.8 Å². The molecule has 0 saturated heterocycles. The van der Waals surface area contributed by atoms with E-state index in [1.807, 2.05) is 0 Å². The molecule has 0 amide bonds. The Kier molecular flexibility index (Phi) is 20.6. The molecule has 0 aromatic carbocycles. The highest BCUT2D eigenvalue weighted by atomic mass is 31.2. The van der Waals surface area contributed by atoms with Crippen LogP contribution in [0.1, 0.15) is 104 Å². The van der Waals surface area contributed by atoms with Gasteiger partial charge in [-0.15, -0.1) is 0 Å². The van der Waals surface area contributed by atoms with E-state index in [9.17, 15) is 19.4 Å². The summed E-state index contributed by atoms with van der Waals surface area (Å²) in [6, 6.07) is 0. The monoisotopic (exact) mass is 552 g/mol. The molecule has 0 saturated carbocycles. The molecule has 0 bridgehead atoms. The maximum atomic E-state index is 12.6. The van der Waals surface area contributed by atoms with Gasteiger partial charge >= 0.3 is 13.6 Å². The summed E-state index contributed by atoms with van der Waals surface area (Å²) in [6.07, 6.45) is 16.1. The number of ether oxygens (including phenoxy) is 1. The Morgan fingerprint density at radius 3 is 2.00 bits per heavy atom. The van der Waals surface area contributed by atoms with Gasteiger partial charge in [0.05, 0.1) is 27.2 Å². The fourth-order valence-corrected chi connectivity index (χ4v) is 5.31. The molecular formula is C27H55NO8P+. The third kappa shape index (κ3) is 19.9. The van der Waals surface area contributed by atoms with Crippen LogP contribution in [0.4, 0.5) is 0 Å². The first-order chi connectivity index (χ1) is 17.4. The van der Waals surface area contributed by atoms with Crippen molar-refractivity contribution in [3.8, 4) is 0 Å². The SMILES string of the molecule is CCCCCC/C=C\CCCCCCCCC(=O)OC[C@@H](O)COP(=O)(O)C(C)[N+](C)(C)CCC(O)O. The molecule has 4 N–H and O–H groups in total. The first-order valence-corrected chi connectivity index (χ1v) is 15.7. The highest BCUT2D eigenvalue weighted by molar-refractivity contribution is 7.53. The zero-order chi connectivity index (χ0) is 28.2. The van der Waals surface area contributed by atoms with E-state index in [4.69, 9.17) is 19.5 Å². The Morgan fingerprint density at radius 1 is 0.892 bits per heavy atom. The molecule has 220 valence electrons. The quantitative estimate of drug-likeness (QED) is 0.0333. The number of nitrogens with zero attached hydrogens (tertiary/aromatic N) is 1. The molecule has 0 rings (SSSR count). The number of carbonyl (C=O) groups excluding carboxylic acids is 1. The molecule has 10 heteroatoms. The number of hydrogen-bond acceptors (Lipinski definition) is 7. The van der Waals surface area contributed by atoms with Gasteiger partial charge in [0.1, 0.15) is 12.7 Å². The highest BCUT2D eigenvalue weighted by Crippen LogP contribution is 2.50. The van der Waals surface area contributed by atoms with E-state index in [1.165, 1.54) is 51.9 Å². The smallest absolute Gasteiger partial charge is 0.384 e. The van der Waals surface area contributed by atoms with E-state index in [1.54, 1.807) is 14.1 Å². The van der Waals surface area contributed by atoms with Crippen molar-refractivity contribution in [3.05, 3.63) is 12.2 Å². The number of rotatable bonds is 24. The van der Waals surface area contributed by atoms with Gasteiger partial charge in [-0.05, 0) is 39.0 Å². The van der Waals surface area contributed by atoms with E-state index < -0.39 is 38.3 Å². The standard InChI is InChI=1S/C27H54NO8P/c1-5-6-7-8-9-10-11-12-13-14-15-16-17-18-19-27(32)35-22-25(29)23-36-37(33,34)24(2)28(3,4)21-20-26(30)31/h10-11,24-26,29-31H,5-9,12-23H2,1-4H3/p+1/b11-10-/t24?,25-/m1/s1. The largest absolute Gasteiger partial charge is 0.463 e. The molecule has 0 aliphatic carbocycles. The van der Waals surface area contributed by atoms with Crippen LogP contribution < -0.4 is 0 Å². The molecule has 0 spiro atoms. The number of hydrogen-bond donors (Lipinski definition) is 4. The summed E-state index contributed by atoms with van der Waals surface area (Å²) in [5, 5.41) is 28.1. The van der Waals surface area contributed by atoms with Crippen molar-refractivity contribution in [2.45, 2.75) is 122 Å². The van der Waals surface area contributed by atoms with Crippen LogP contribution in [0.25, 0.3) is 0 Å². The van der Waals surface area contributed by atoms with E-state index in [2.05, 4.69) is 19.1 Å². The molecule has 0 radical (unpaired) electrons. The van der Waals surface area contributed by atoms with Gasteiger partial charge in [-0.25, -0.2) is 0 Å². The number of carbonyl (C=O) groups is 1. The van der Waals surface area contributed by atoms with Gasteiger partial charge in [0.25, 0.3) is 0 Å². The van der Waals surface area contributed by atoms with Gasteiger partial charge in [-0.2, -0.15) is 0 Å². The maximum Gasteiger partial charge on any atom is 0.384 e. The van der Waals surface area contributed by atoms with Crippen LogP contribution in [0.2, 0.25) is 0 Å². The molecule has 37 heavy (non-hydrogen) atoms. The lowest BCUT2D eigenvalue weighted by Crippen LogP contribution is -2.48. The molecule has 0 aliphatic rings. The summed E-state index contributed by atoms with van der Waals surface area (Å²) in [4.78, 5) is 22.2. The van der Waals surface area contributed by atoms with Crippen molar-refractivity contribution in [1.82, 2.24) is 0 Å². The van der Waals surface area contributed by atoms with Crippen molar-refractivity contribution < 1.29 is 43.3 Å². The average molecular weight is 553 g/mol. The number of aliphatic hydroxyl groups is 3. The van der Waals surface area contributed by atoms with E-state index >= 15 is 0 Å². The fraction of sp³-hybridized carbons (Fsp3) is 0.889.